The molecule has 0 aliphatic carbocycles. The number of allylic oxidation sites excluding steroid dienone is 3. The summed E-state index contributed by atoms with van der Waals surface area (Å²) in [5.74, 6) is 0.589. The van der Waals surface area contributed by atoms with Gasteiger partial charge in [0.05, 0.1) is 19.1 Å². The first-order valence-electron chi connectivity index (χ1n) is 9.05. The summed E-state index contributed by atoms with van der Waals surface area (Å²) in [5, 5.41) is 3.35. The Morgan fingerprint density at radius 2 is 2.19 bits per heavy atom. The van der Waals surface area contributed by atoms with Gasteiger partial charge in [0.25, 0.3) is 0 Å². The summed E-state index contributed by atoms with van der Waals surface area (Å²) in [6, 6.07) is 5.03. The van der Waals surface area contributed by atoms with Crippen molar-refractivity contribution >= 4 is 12.0 Å². The largest absolute Gasteiger partial charge is 0.495 e. The smallest absolute Gasteiger partial charge is 0.137 e. The van der Waals surface area contributed by atoms with E-state index in [1.54, 1.807) is 26.2 Å². The van der Waals surface area contributed by atoms with Crippen molar-refractivity contribution in [3.05, 3.63) is 65.8 Å². The minimum absolute atomic E-state index is 0.198. The van der Waals surface area contributed by atoms with Gasteiger partial charge in [0, 0.05) is 31.9 Å². The number of anilines is 1. The molecule has 0 fully saturated rings. The van der Waals surface area contributed by atoms with E-state index in [1.807, 2.05) is 25.1 Å². The number of halogens is 1. The van der Waals surface area contributed by atoms with Gasteiger partial charge in [-0.3, -0.25) is 4.99 Å². The molecule has 5 nitrogen and oxygen atoms in total. The fraction of sp³-hybridized carbons (Fsp3) is 0.381. The topological polar surface area (TPSA) is 62.9 Å². The first-order chi connectivity index (χ1) is 13.1. The van der Waals surface area contributed by atoms with Gasteiger partial charge in [-0.1, -0.05) is 12.7 Å². The van der Waals surface area contributed by atoms with Crippen molar-refractivity contribution in [1.29, 1.82) is 0 Å². The van der Waals surface area contributed by atoms with Crippen LogP contribution in [0.3, 0.4) is 0 Å². The van der Waals surface area contributed by atoms with Gasteiger partial charge in [0.2, 0.25) is 0 Å². The Bertz CT molecular complexity index is 683. The Morgan fingerprint density at radius 3 is 2.78 bits per heavy atom. The maximum absolute atomic E-state index is 13.4. The summed E-state index contributed by atoms with van der Waals surface area (Å²) in [5.41, 5.74) is 7.80. The number of nitrogens with one attached hydrogen (secondary N) is 1. The minimum atomic E-state index is -0.198. The van der Waals surface area contributed by atoms with Crippen LogP contribution in [0.15, 0.2) is 59.5 Å². The lowest BCUT2D eigenvalue weighted by atomic mass is 10.2. The van der Waals surface area contributed by atoms with Gasteiger partial charge >= 0.3 is 0 Å². The highest BCUT2D eigenvalue weighted by atomic mass is 19.1. The second-order valence-electron chi connectivity index (χ2n) is 5.93. The summed E-state index contributed by atoms with van der Waals surface area (Å²) >= 11 is 0. The molecule has 0 spiro atoms. The summed E-state index contributed by atoms with van der Waals surface area (Å²) in [6.07, 6.45) is 7.80. The van der Waals surface area contributed by atoms with Crippen LogP contribution in [-0.2, 0) is 4.74 Å². The van der Waals surface area contributed by atoms with Crippen molar-refractivity contribution in [2.75, 3.05) is 38.6 Å². The van der Waals surface area contributed by atoms with Gasteiger partial charge in [-0.15, -0.1) is 0 Å². The molecule has 0 saturated carbocycles. The van der Waals surface area contributed by atoms with Gasteiger partial charge in [-0.2, -0.15) is 0 Å². The molecule has 0 saturated heterocycles. The number of hydrogen-bond donors (Lipinski definition) is 2. The van der Waals surface area contributed by atoms with E-state index < -0.39 is 0 Å². The molecule has 0 aromatic heterocycles. The Labute approximate surface area is 162 Å². The van der Waals surface area contributed by atoms with E-state index in [2.05, 4.69) is 21.8 Å². The van der Waals surface area contributed by atoms with Crippen molar-refractivity contribution in [3.8, 4) is 0 Å². The van der Waals surface area contributed by atoms with E-state index in [1.165, 1.54) is 12.4 Å². The average molecular weight is 375 g/mol. The lowest BCUT2D eigenvalue weighted by Gasteiger charge is -2.28. The molecule has 6 heteroatoms. The lowest BCUT2D eigenvalue weighted by Crippen LogP contribution is -2.31. The molecule has 27 heavy (non-hydrogen) atoms. The molecule has 1 aromatic rings. The molecular weight excluding hydrogens is 343 g/mol. The third-order valence-electron chi connectivity index (χ3n) is 4.04. The fourth-order valence-electron chi connectivity index (χ4n) is 2.70. The van der Waals surface area contributed by atoms with Crippen LogP contribution in [0.1, 0.15) is 18.9 Å². The number of rotatable bonds is 12. The molecule has 0 aliphatic rings. The summed E-state index contributed by atoms with van der Waals surface area (Å²) in [6.45, 7) is 10.4. The van der Waals surface area contributed by atoms with E-state index in [0.29, 0.717) is 18.7 Å². The second-order valence-corrected chi connectivity index (χ2v) is 5.93. The van der Waals surface area contributed by atoms with Crippen LogP contribution in [0.2, 0.25) is 0 Å². The van der Waals surface area contributed by atoms with Crippen LogP contribution < -0.4 is 11.1 Å². The number of benzene rings is 1. The molecule has 0 aliphatic heterocycles. The quantitative estimate of drug-likeness (QED) is 0.192. The van der Waals surface area contributed by atoms with Crippen LogP contribution in [0.25, 0.3) is 0 Å². The molecule has 0 atom stereocenters. The van der Waals surface area contributed by atoms with Crippen LogP contribution in [0, 0.1) is 12.7 Å². The van der Waals surface area contributed by atoms with Crippen molar-refractivity contribution in [2.24, 2.45) is 10.7 Å². The minimum Gasteiger partial charge on any atom is -0.495 e. The SMILES string of the molecule is C=C/C=C(\C(=C/C)OC)N(CCCN=CN)CCNc1ccc(F)c(C)c1. The van der Waals surface area contributed by atoms with Gasteiger partial charge in [0.15, 0.2) is 0 Å². The Kier molecular flexibility index (Phi) is 10.4. The van der Waals surface area contributed by atoms with Gasteiger partial charge in [-0.05, 0) is 56.2 Å². The second kappa shape index (κ2) is 12.6. The van der Waals surface area contributed by atoms with Crippen LogP contribution in [0.4, 0.5) is 10.1 Å². The highest BCUT2D eigenvalue weighted by Gasteiger charge is 2.13. The maximum Gasteiger partial charge on any atom is 0.137 e. The zero-order chi connectivity index (χ0) is 20.1. The summed E-state index contributed by atoms with van der Waals surface area (Å²) in [4.78, 5) is 6.29. The molecule has 0 amide bonds. The standard InChI is InChI=1S/C21H31FN4O/c1-5-8-20(21(6-2)27-4)26(13-7-11-24-16-23)14-12-25-18-9-10-19(22)17(3)15-18/h5-6,8-10,15-16,25H,1,7,11-14H2,2-4H3,(H2,23,24)/b20-8+,21-6+. The third kappa shape index (κ3) is 7.56. The van der Waals surface area contributed by atoms with E-state index >= 15 is 0 Å². The zero-order valence-corrected chi connectivity index (χ0v) is 16.5. The van der Waals surface area contributed by atoms with E-state index in [9.17, 15) is 4.39 Å². The first-order valence-corrected chi connectivity index (χ1v) is 9.05. The van der Waals surface area contributed by atoms with Gasteiger partial charge in [0.1, 0.15) is 11.6 Å². The van der Waals surface area contributed by atoms with Crippen molar-refractivity contribution in [3.63, 3.8) is 0 Å². The van der Waals surface area contributed by atoms with E-state index in [0.717, 1.165) is 36.7 Å². The lowest BCUT2D eigenvalue weighted by molar-refractivity contribution is 0.256. The maximum atomic E-state index is 13.4. The van der Waals surface area contributed by atoms with Crippen molar-refractivity contribution in [1.82, 2.24) is 4.90 Å². The molecular formula is C21H31FN4O. The van der Waals surface area contributed by atoms with Gasteiger partial charge in [-0.25, -0.2) is 4.39 Å². The highest BCUT2D eigenvalue weighted by molar-refractivity contribution is 5.51. The number of hydrogen-bond acceptors (Lipinski definition) is 4. The predicted octanol–water partition coefficient (Wildman–Crippen LogP) is 3.85. The number of ether oxygens (including phenoxy) is 1. The fourth-order valence-corrected chi connectivity index (χ4v) is 2.70. The molecule has 0 bridgehead atoms. The first kappa shape index (κ1) is 22.3. The van der Waals surface area contributed by atoms with Crippen LogP contribution >= 0.6 is 0 Å². The predicted molar refractivity (Wildman–Crippen MR) is 112 cm³/mol. The number of nitrogens with zero attached hydrogens (tertiary/aromatic N) is 2. The van der Waals surface area contributed by atoms with Crippen molar-refractivity contribution in [2.45, 2.75) is 20.3 Å². The van der Waals surface area contributed by atoms with E-state index in [4.69, 9.17) is 10.5 Å². The Balaban J connectivity index is 2.84. The number of nitrogens with two attached hydrogens (primary N) is 1. The molecule has 1 aromatic carbocycles. The average Bonchev–Trinajstić information content (AvgIpc) is 2.67. The summed E-state index contributed by atoms with van der Waals surface area (Å²) in [7, 11) is 1.66. The number of aryl methyl sites for hydroxylation is 1. The van der Waals surface area contributed by atoms with Crippen LogP contribution in [0.5, 0.6) is 0 Å². The van der Waals surface area contributed by atoms with Crippen LogP contribution in [-0.4, -0.2) is 44.5 Å². The Morgan fingerprint density at radius 1 is 1.41 bits per heavy atom. The molecule has 1 rings (SSSR count). The number of aliphatic imine (C=N–C) groups is 1. The monoisotopic (exact) mass is 374 g/mol. The zero-order valence-electron chi connectivity index (χ0n) is 16.5. The number of methoxy groups -OCH3 is 1. The highest BCUT2D eigenvalue weighted by Crippen LogP contribution is 2.18. The Hall–Kier alpha value is -2.76. The van der Waals surface area contributed by atoms with E-state index in [-0.39, 0.29) is 5.82 Å². The molecule has 3 N–H and O–H groups in total. The molecule has 0 unspecified atom stereocenters. The normalized spacial score (nSPS) is 12.3. The molecule has 148 valence electrons. The molecule has 0 heterocycles. The van der Waals surface area contributed by atoms with Gasteiger partial charge < -0.3 is 20.7 Å². The van der Waals surface area contributed by atoms with Crippen molar-refractivity contribution < 1.29 is 9.13 Å². The summed E-state index contributed by atoms with van der Waals surface area (Å²) < 4.78 is 18.9. The molecule has 0 radical (unpaired) electrons. The third-order valence-corrected chi connectivity index (χ3v) is 4.04.